The number of benzene rings is 1. The summed E-state index contributed by atoms with van der Waals surface area (Å²) in [6, 6.07) is 3.57. The Bertz CT molecular complexity index is 571. The predicted octanol–water partition coefficient (Wildman–Crippen LogP) is 0.781. The van der Waals surface area contributed by atoms with Gasteiger partial charge in [0.2, 0.25) is 0 Å². The Morgan fingerprint density at radius 3 is 2.47 bits per heavy atom. The Hall–Kier alpha value is -1.71. The molecule has 2 N–H and O–H groups in total. The molecule has 1 aromatic carbocycles. The molecule has 1 aromatic rings. The maximum atomic E-state index is 12.1. The van der Waals surface area contributed by atoms with Crippen LogP contribution < -0.4 is 10.1 Å². The zero-order chi connectivity index (χ0) is 14.6. The Labute approximate surface area is 111 Å². The van der Waals surface area contributed by atoms with Crippen LogP contribution in [0.2, 0.25) is 0 Å². The molecule has 0 aliphatic carbocycles. The molecule has 1 rings (SSSR count). The van der Waals surface area contributed by atoms with Crippen LogP contribution in [-0.2, 0) is 10.0 Å². The quantitative estimate of drug-likeness (QED) is 0.592. The Kier molecular flexibility index (Phi) is 4.81. The molecular formula is C10H16N4O4S. The number of nitro groups is 1. The monoisotopic (exact) mass is 288 g/mol. The second-order valence-corrected chi connectivity index (χ2v) is 5.59. The van der Waals surface area contributed by atoms with Crippen molar-refractivity contribution in [3.05, 3.63) is 28.3 Å². The van der Waals surface area contributed by atoms with Gasteiger partial charge in [-0.15, -0.1) is 4.83 Å². The first-order valence-corrected chi connectivity index (χ1v) is 6.98. The lowest BCUT2D eigenvalue weighted by Gasteiger charge is -2.15. The lowest BCUT2D eigenvalue weighted by Crippen LogP contribution is -2.36. The largest absolute Gasteiger partial charge is 0.384 e. The fourth-order valence-corrected chi connectivity index (χ4v) is 2.73. The van der Waals surface area contributed by atoms with Crippen LogP contribution in [0.1, 0.15) is 6.92 Å². The van der Waals surface area contributed by atoms with Crippen molar-refractivity contribution in [1.29, 1.82) is 0 Å². The van der Waals surface area contributed by atoms with Crippen LogP contribution in [0.15, 0.2) is 23.1 Å². The summed E-state index contributed by atoms with van der Waals surface area (Å²) >= 11 is 0. The second-order valence-electron chi connectivity index (χ2n) is 3.96. The third kappa shape index (κ3) is 3.88. The third-order valence-electron chi connectivity index (χ3n) is 2.13. The fraction of sp³-hybridized carbons (Fsp3) is 0.400. The topological polar surface area (TPSA) is 105 Å². The van der Waals surface area contributed by atoms with Gasteiger partial charge in [0.15, 0.2) is 0 Å². The Balaban J connectivity index is 3.31. The third-order valence-corrected chi connectivity index (χ3v) is 3.67. The highest BCUT2D eigenvalue weighted by Crippen LogP contribution is 2.26. The van der Waals surface area contributed by atoms with Crippen LogP contribution in [-0.4, -0.2) is 39.0 Å². The number of hydrazine groups is 1. The van der Waals surface area contributed by atoms with E-state index in [1.807, 2.05) is 0 Å². The number of sulfonamides is 1. The van der Waals surface area contributed by atoms with Crippen molar-refractivity contribution in [2.24, 2.45) is 0 Å². The van der Waals surface area contributed by atoms with Gasteiger partial charge in [0.1, 0.15) is 4.90 Å². The average Bonchev–Trinajstić information content (AvgIpc) is 2.27. The number of anilines is 1. The molecule has 0 spiro atoms. The minimum atomic E-state index is -3.76. The lowest BCUT2D eigenvalue weighted by atomic mass is 10.3. The molecule has 0 aliphatic rings. The fourth-order valence-electron chi connectivity index (χ4n) is 1.48. The molecule has 0 aromatic heterocycles. The summed E-state index contributed by atoms with van der Waals surface area (Å²) in [5, 5.41) is 14.8. The summed E-state index contributed by atoms with van der Waals surface area (Å²) in [6.07, 6.45) is 0. The summed E-state index contributed by atoms with van der Waals surface area (Å²) in [6.45, 7) is 2.22. The smallest absolute Gasteiger partial charge is 0.271 e. The van der Waals surface area contributed by atoms with Crippen molar-refractivity contribution in [2.45, 2.75) is 11.8 Å². The number of hydrogen-bond donors (Lipinski definition) is 2. The Morgan fingerprint density at radius 1 is 1.37 bits per heavy atom. The number of non-ortho nitro benzene ring substituents is 1. The van der Waals surface area contributed by atoms with Crippen LogP contribution in [0.3, 0.4) is 0 Å². The van der Waals surface area contributed by atoms with Crippen molar-refractivity contribution < 1.29 is 13.3 Å². The van der Waals surface area contributed by atoms with Gasteiger partial charge in [-0.3, -0.25) is 10.1 Å². The zero-order valence-corrected chi connectivity index (χ0v) is 11.7. The predicted molar refractivity (Wildman–Crippen MR) is 71.3 cm³/mol. The molecule has 0 saturated heterocycles. The van der Waals surface area contributed by atoms with Crippen LogP contribution in [0, 0.1) is 10.1 Å². The average molecular weight is 288 g/mol. The van der Waals surface area contributed by atoms with E-state index in [0.717, 1.165) is 6.07 Å². The van der Waals surface area contributed by atoms with Gasteiger partial charge in [0.25, 0.3) is 15.7 Å². The first-order valence-electron chi connectivity index (χ1n) is 5.50. The van der Waals surface area contributed by atoms with Gasteiger partial charge in [0.05, 0.1) is 10.6 Å². The van der Waals surface area contributed by atoms with Crippen LogP contribution in [0.4, 0.5) is 11.4 Å². The van der Waals surface area contributed by atoms with E-state index in [1.54, 1.807) is 6.92 Å². The normalized spacial score (nSPS) is 11.6. The zero-order valence-electron chi connectivity index (χ0n) is 10.9. The molecule has 0 heterocycles. The van der Waals surface area contributed by atoms with E-state index in [0.29, 0.717) is 6.54 Å². The van der Waals surface area contributed by atoms with E-state index in [9.17, 15) is 18.5 Å². The van der Waals surface area contributed by atoms with Gasteiger partial charge in [-0.2, -0.15) is 0 Å². The first kappa shape index (κ1) is 15.3. The summed E-state index contributed by atoms with van der Waals surface area (Å²) in [5.74, 6) is 0. The number of nitrogens with zero attached hydrogens (tertiary/aromatic N) is 2. The molecule has 0 unspecified atom stereocenters. The lowest BCUT2D eigenvalue weighted by molar-refractivity contribution is -0.384. The second kappa shape index (κ2) is 5.95. The van der Waals surface area contributed by atoms with Gasteiger partial charge in [-0.1, -0.05) is 0 Å². The number of hydrogen-bond acceptors (Lipinski definition) is 6. The number of rotatable bonds is 6. The van der Waals surface area contributed by atoms with E-state index in [-0.39, 0.29) is 16.3 Å². The molecule has 0 amide bonds. The highest BCUT2D eigenvalue weighted by Gasteiger charge is 2.21. The maximum Gasteiger partial charge on any atom is 0.271 e. The standard InChI is InChI=1S/C10H16N4O4S/c1-4-11-9-7-8(14(15)16)5-6-10(9)19(17,18)12-13(2)3/h5-7,11-12H,4H2,1-3H3. The highest BCUT2D eigenvalue weighted by molar-refractivity contribution is 7.89. The molecule has 106 valence electrons. The molecule has 0 saturated carbocycles. The van der Waals surface area contributed by atoms with Crippen molar-refractivity contribution in [3.63, 3.8) is 0 Å². The van der Waals surface area contributed by atoms with Gasteiger partial charge >= 0.3 is 0 Å². The molecular weight excluding hydrogens is 272 g/mol. The molecule has 0 radical (unpaired) electrons. The molecule has 0 aliphatic heterocycles. The number of nitrogens with one attached hydrogen (secondary N) is 2. The summed E-state index contributed by atoms with van der Waals surface area (Å²) in [4.78, 5) is 12.4. The van der Waals surface area contributed by atoms with Crippen molar-refractivity contribution in [1.82, 2.24) is 9.84 Å². The summed E-state index contributed by atoms with van der Waals surface area (Å²) in [5.41, 5.74) is 0.0332. The van der Waals surface area contributed by atoms with E-state index < -0.39 is 14.9 Å². The van der Waals surface area contributed by atoms with Gasteiger partial charge < -0.3 is 5.32 Å². The van der Waals surface area contributed by atoms with Gasteiger partial charge in [-0.25, -0.2) is 13.4 Å². The van der Waals surface area contributed by atoms with Gasteiger partial charge in [-0.05, 0) is 13.0 Å². The first-order chi connectivity index (χ1) is 8.77. The van der Waals surface area contributed by atoms with Crippen LogP contribution in [0.25, 0.3) is 0 Å². The van der Waals surface area contributed by atoms with Crippen molar-refractivity contribution in [3.8, 4) is 0 Å². The molecule has 0 bridgehead atoms. The van der Waals surface area contributed by atoms with Crippen molar-refractivity contribution in [2.75, 3.05) is 26.0 Å². The van der Waals surface area contributed by atoms with Crippen LogP contribution >= 0.6 is 0 Å². The Morgan fingerprint density at radius 2 is 2.00 bits per heavy atom. The molecule has 19 heavy (non-hydrogen) atoms. The maximum absolute atomic E-state index is 12.1. The summed E-state index contributed by atoms with van der Waals surface area (Å²) in [7, 11) is -0.689. The molecule has 8 nitrogen and oxygen atoms in total. The van der Waals surface area contributed by atoms with E-state index in [1.165, 1.54) is 31.2 Å². The van der Waals surface area contributed by atoms with E-state index in [2.05, 4.69) is 10.1 Å². The van der Waals surface area contributed by atoms with Crippen molar-refractivity contribution >= 4 is 21.4 Å². The molecule has 0 atom stereocenters. The van der Waals surface area contributed by atoms with E-state index >= 15 is 0 Å². The molecule has 0 fully saturated rings. The number of nitro benzene ring substituents is 1. The SMILES string of the molecule is CCNc1cc([N+](=O)[O-])ccc1S(=O)(=O)NN(C)C. The minimum Gasteiger partial charge on any atom is -0.384 e. The molecule has 9 heteroatoms. The highest BCUT2D eigenvalue weighted by atomic mass is 32.2. The minimum absolute atomic E-state index is 0.0337. The van der Waals surface area contributed by atoms with Gasteiger partial charge in [0, 0.05) is 32.8 Å². The summed E-state index contributed by atoms with van der Waals surface area (Å²) < 4.78 is 24.1. The van der Waals surface area contributed by atoms with E-state index in [4.69, 9.17) is 0 Å². The van der Waals surface area contributed by atoms with Crippen LogP contribution in [0.5, 0.6) is 0 Å².